The number of benzene rings is 2. The van der Waals surface area contributed by atoms with Crippen molar-refractivity contribution in [2.75, 3.05) is 20.0 Å². The smallest absolute Gasteiger partial charge is 0.277 e. The van der Waals surface area contributed by atoms with E-state index in [1.807, 2.05) is 13.0 Å². The predicted octanol–water partition coefficient (Wildman–Crippen LogP) is 3.86. The number of thioether (sulfide) groups is 1. The maximum Gasteiger partial charge on any atom is 0.277 e. The Balaban J connectivity index is 1.58. The Hall–Kier alpha value is -3.07. The largest absolute Gasteiger partial charge is 0.497 e. The number of ether oxygens (including phenoxy) is 2. The fourth-order valence-corrected chi connectivity index (χ4v) is 3.22. The van der Waals surface area contributed by atoms with Crippen molar-refractivity contribution in [2.45, 2.75) is 18.2 Å². The lowest BCUT2D eigenvalue weighted by Crippen LogP contribution is -2.28. The summed E-state index contributed by atoms with van der Waals surface area (Å²) in [6, 6.07) is 10.8. The highest BCUT2D eigenvalue weighted by Gasteiger charge is 2.17. The third-order valence-corrected chi connectivity index (χ3v) is 4.92. The Kier molecular flexibility index (Phi) is 6.71. The number of carbonyl (C=O) groups is 1. The van der Waals surface area contributed by atoms with Crippen LogP contribution in [0.1, 0.15) is 18.5 Å². The Bertz CT molecular complexity index is 978. The van der Waals surface area contributed by atoms with Crippen molar-refractivity contribution in [1.29, 1.82) is 0 Å². The zero-order chi connectivity index (χ0) is 20.8. The van der Waals surface area contributed by atoms with E-state index in [0.29, 0.717) is 17.1 Å². The molecular formula is C20H20FN3O4S. The topological polar surface area (TPSA) is 86.5 Å². The number of carbonyl (C=O) groups excluding carboxylic acids is 1. The SMILES string of the molecule is COc1ccc(OC)c([C@@H](C)NC(=O)CSc2nnc(-c3ccc(F)cc3)o2)c1. The minimum Gasteiger partial charge on any atom is -0.497 e. The molecule has 7 nitrogen and oxygen atoms in total. The summed E-state index contributed by atoms with van der Waals surface area (Å²) in [6.45, 7) is 1.86. The lowest BCUT2D eigenvalue weighted by molar-refractivity contribution is -0.119. The van der Waals surface area contributed by atoms with Gasteiger partial charge in [-0.25, -0.2) is 4.39 Å². The van der Waals surface area contributed by atoms with Crippen LogP contribution >= 0.6 is 11.8 Å². The van der Waals surface area contributed by atoms with Crippen LogP contribution in [-0.4, -0.2) is 36.1 Å². The average molecular weight is 417 g/mol. The highest BCUT2D eigenvalue weighted by Crippen LogP contribution is 2.29. The van der Waals surface area contributed by atoms with E-state index in [2.05, 4.69) is 15.5 Å². The van der Waals surface area contributed by atoms with E-state index >= 15 is 0 Å². The number of rotatable bonds is 8. The molecule has 3 aromatic rings. The molecule has 3 rings (SSSR count). The van der Waals surface area contributed by atoms with Gasteiger partial charge < -0.3 is 19.2 Å². The number of methoxy groups -OCH3 is 2. The second-order valence-electron chi connectivity index (χ2n) is 6.07. The van der Waals surface area contributed by atoms with Crippen LogP contribution in [0.2, 0.25) is 0 Å². The van der Waals surface area contributed by atoms with E-state index in [9.17, 15) is 9.18 Å². The van der Waals surface area contributed by atoms with Gasteiger partial charge in [-0.05, 0) is 49.4 Å². The molecule has 9 heteroatoms. The maximum absolute atomic E-state index is 13.0. The monoisotopic (exact) mass is 417 g/mol. The Morgan fingerprint density at radius 3 is 2.62 bits per heavy atom. The summed E-state index contributed by atoms with van der Waals surface area (Å²) in [7, 11) is 3.15. The molecule has 0 bridgehead atoms. The molecule has 1 aromatic heterocycles. The van der Waals surface area contributed by atoms with Crippen LogP contribution in [-0.2, 0) is 4.79 Å². The van der Waals surface area contributed by atoms with Crippen molar-refractivity contribution < 1.29 is 23.1 Å². The van der Waals surface area contributed by atoms with Crippen molar-refractivity contribution >= 4 is 17.7 Å². The third-order valence-electron chi connectivity index (χ3n) is 4.11. The molecule has 29 heavy (non-hydrogen) atoms. The molecule has 0 aliphatic rings. The van der Waals surface area contributed by atoms with Gasteiger partial charge in [-0.15, -0.1) is 10.2 Å². The highest BCUT2D eigenvalue weighted by molar-refractivity contribution is 7.99. The summed E-state index contributed by atoms with van der Waals surface area (Å²) in [5, 5.41) is 11.0. The van der Waals surface area contributed by atoms with Crippen LogP contribution in [0.5, 0.6) is 11.5 Å². The molecule has 0 radical (unpaired) electrons. The van der Waals surface area contributed by atoms with Crippen LogP contribution in [0.15, 0.2) is 52.1 Å². The number of aromatic nitrogens is 2. The van der Waals surface area contributed by atoms with Gasteiger partial charge in [0.1, 0.15) is 17.3 Å². The van der Waals surface area contributed by atoms with E-state index in [-0.39, 0.29) is 34.6 Å². The van der Waals surface area contributed by atoms with Gasteiger partial charge >= 0.3 is 0 Å². The van der Waals surface area contributed by atoms with E-state index in [1.165, 1.54) is 12.1 Å². The predicted molar refractivity (Wildman–Crippen MR) is 107 cm³/mol. The number of hydrogen-bond acceptors (Lipinski definition) is 7. The Labute approximate surface area is 171 Å². The fourth-order valence-electron chi connectivity index (χ4n) is 2.64. The van der Waals surface area contributed by atoms with Gasteiger partial charge in [0.25, 0.3) is 5.22 Å². The number of amides is 1. The van der Waals surface area contributed by atoms with Gasteiger partial charge in [-0.1, -0.05) is 11.8 Å². The molecule has 1 heterocycles. The average Bonchev–Trinajstić information content (AvgIpc) is 3.21. The maximum atomic E-state index is 13.0. The summed E-state index contributed by atoms with van der Waals surface area (Å²) < 4.78 is 29.1. The summed E-state index contributed by atoms with van der Waals surface area (Å²) >= 11 is 1.12. The standard InChI is InChI=1S/C20H20FN3O4S/c1-12(16-10-15(26-2)8-9-17(16)27-3)22-18(25)11-29-20-24-23-19(28-20)13-4-6-14(21)7-5-13/h4-10,12H,11H2,1-3H3,(H,22,25)/t12-/m1/s1. The molecular weight excluding hydrogens is 397 g/mol. The van der Waals surface area contributed by atoms with Gasteiger partial charge in [0.2, 0.25) is 11.8 Å². The number of hydrogen-bond donors (Lipinski definition) is 1. The van der Waals surface area contributed by atoms with Crippen molar-refractivity contribution in [3.8, 4) is 23.0 Å². The molecule has 2 aromatic carbocycles. The molecule has 0 fully saturated rings. The normalized spacial score (nSPS) is 11.7. The fraction of sp³-hybridized carbons (Fsp3) is 0.250. The zero-order valence-electron chi connectivity index (χ0n) is 16.1. The number of halogens is 1. The molecule has 0 spiro atoms. The van der Waals surface area contributed by atoms with Gasteiger partial charge in [0.05, 0.1) is 26.0 Å². The first kappa shape index (κ1) is 20.7. The van der Waals surface area contributed by atoms with Crippen molar-refractivity contribution in [2.24, 2.45) is 0 Å². The van der Waals surface area contributed by atoms with Gasteiger partial charge in [0.15, 0.2) is 0 Å². The van der Waals surface area contributed by atoms with Crippen molar-refractivity contribution in [1.82, 2.24) is 15.5 Å². The minimum absolute atomic E-state index is 0.0989. The summed E-state index contributed by atoms with van der Waals surface area (Å²) in [4.78, 5) is 12.3. The minimum atomic E-state index is -0.346. The number of nitrogens with one attached hydrogen (secondary N) is 1. The first-order valence-electron chi connectivity index (χ1n) is 8.73. The van der Waals surface area contributed by atoms with E-state index < -0.39 is 0 Å². The third kappa shape index (κ3) is 5.26. The van der Waals surface area contributed by atoms with Crippen LogP contribution in [0.3, 0.4) is 0 Å². The quantitative estimate of drug-likeness (QED) is 0.557. The molecule has 0 aliphatic heterocycles. The van der Waals surface area contributed by atoms with E-state index in [0.717, 1.165) is 17.3 Å². The summed E-state index contributed by atoms with van der Waals surface area (Å²) in [5.41, 5.74) is 1.41. The lowest BCUT2D eigenvalue weighted by atomic mass is 10.1. The van der Waals surface area contributed by atoms with Gasteiger partial charge in [0, 0.05) is 11.1 Å². The lowest BCUT2D eigenvalue weighted by Gasteiger charge is -2.18. The van der Waals surface area contributed by atoms with Crippen LogP contribution in [0.25, 0.3) is 11.5 Å². The molecule has 0 saturated carbocycles. The Morgan fingerprint density at radius 2 is 1.93 bits per heavy atom. The summed E-state index contributed by atoms with van der Waals surface area (Å²) in [5.74, 6) is 1.15. The van der Waals surface area contributed by atoms with Gasteiger partial charge in [-0.2, -0.15) is 0 Å². The molecule has 1 atom stereocenters. The molecule has 0 unspecified atom stereocenters. The summed E-state index contributed by atoms with van der Waals surface area (Å²) in [6.07, 6.45) is 0. The molecule has 1 amide bonds. The van der Waals surface area contributed by atoms with Crippen molar-refractivity contribution in [3.05, 3.63) is 53.8 Å². The van der Waals surface area contributed by atoms with Crippen LogP contribution < -0.4 is 14.8 Å². The van der Waals surface area contributed by atoms with Gasteiger partial charge in [-0.3, -0.25) is 4.79 Å². The second-order valence-corrected chi connectivity index (χ2v) is 6.99. The first-order chi connectivity index (χ1) is 14.0. The van der Waals surface area contributed by atoms with Crippen LogP contribution in [0, 0.1) is 5.82 Å². The molecule has 0 saturated heterocycles. The van der Waals surface area contributed by atoms with Crippen LogP contribution in [0.4, 0.5) is 4.39 Å². The molecule has 0 aliphatic carbocycles. The van der Waals surface area contributed by atoms with E-state index in [1.54, 1.807) is 38.5 Å². The Morgan fingerprint density at radius 1 is 1.17 bits per heavy atom. The number of nitrogens with zero attached hydrogens (tertiary/aromatic N) is 2. The molecule has 1 N–H and O–H groups in total. The highest BCUT2D eigenvalue weighted by atomic mass is 32.2. The molecule has 152 valence electrons. The van der Waals surface area contributed by atoms with E-state index in [4.69, 9.17) is 13.9 Å². The van der Waals surface area contributed by atoms with Crippen molar-refractivity contribution in [3.63, 3.8) is 0 Å². The first-order valence-corrected chi connectivity index (χ1v) is 9.72. The second kappa shape index (κ2) is 9.42. The zero-order valence-corrected chi connectivity index (χ0v) is 17.0.